The molecule has 2 amide bonds. The number of carbonyl (C=O) groups is 2. The van der Waals surface area contributed by atoms with Crippen LogP contribution in [0.2, 0.25) is 5.02 Å². The fourth-order valence-electron chi connectivity index (χ4n) is 2.94. The van der Waals surface area contributed by atoms with Crippen LogP contribution >= 0.6 is 11.6 Å². The number of hydrogen-bond donors (Lipinski definition) is 0. The molecule has 1 heterocycles. The molecule has 1 aliphatic rings. The van der Waals surface area contributed by atoms with Crippen LogP contribution in [-0.4, -0.2) is 37.0 Å². The zero-order valence-corrected chi connectivity index (χ0v) is 15.0. The molecule has 136 valence electrons. The first-order chi connectivity index (χ1) is 12.5. The quantitative estimate of drug-likeness (QED) is 0.799. The molecule has 0 spiro atoms. The molecule has 2 aromatic carbocycles. The Bertz CT molecular complexity index is 843. The summed E-state index contributed by atoms with van der Waals surface area (Å²) in [7, 11) is 1.44. The van der Waals surface area contributed by atoms with Crippen LogP contribution in [0.15, 0.2) is 42.5 Å². The van der Waals surface area contributed by atoms with Crippen LogP contribution < -0.4 is 9.64 Å². The van der Waals surface area contributed by atoms with Crippen LogP contribution in [0.1, 0.15) is 23.2 Å². The maximum atomic E-state index is 14.4. The molecular formula is C19H18ClFN2O3. The Morgan fingerprint density at radius 1 is 1.31 bits per heavy atom. The maximum absolute atomic E-state index is 14.4. The third kappa shape index (κ3) is 3.65. The molecule has 1 aliphatic heterocycles. The normalized spacial score (nSPS) is 13.8. The molecule has 2 aromatic rings. The van der Waals surface area contributed by atoms with Crippen LogP contribution in [0.5, 0.6) is 5.75 Å². The summed E-state index contributed by atoms with van der Waals surface area (Å²) in [5.74, 6) is -0.770. The fourth-order valence-corrected chi connectivity index (χ4v) is 3.11. The van der Waals surface area contributed by atoms with Crippen molar-refractivity contribution in [1.29, 1.82) is 0 Å². The Hall–Kier alpha value is -2.60. The summed E-state index contributed by atoms with van der Waals surface area (Å²) in [6, 6.07) is 10.6. The molecule has 5 nitrogen and oxygen atoms in total. The standard InChI is InChI=1S/C19H18ClFN2O3/c1-26-17-9-8-13(20)11-14(17)19(25)23(12-22-10-4-7-18(22)24)16-6-3-2-5-15(16)21/h2-3,5-6,8-9,11H,4,7,10,12H2,1H3. The highest BCUT2D eigenvalue weighted by Gasteiger charge is 2.29. The Kier molecular flexibility index (Phi) is 5.42. The van der Waals surface area contributed by atoms with Crippen LogP contribution in [0.4, 0.5) is 10.1 Å². The van der Waals surface area contributed by atoms with Crippen molar-refractivity contribution >= 4 is 29.1 Å². The predicted octanol–water partition coefficient (Wildman–Crippen LogP) is 3.71. The highest BCUT2D eigenvalue weighted by Crippen LogP contribution is 2.28. The van der Waals surface area contributed by atoms with Gasteiger partial charge in [-0.15, -0.1) is 0 Å². The van der Waals surface area contributed by atoms with Gasteiger partial charge in [0.25, 0.3) is 5.91 Å². The number of ether oxygens (including phenoxy) is 1. The lowest BCUT2D eigenvalue weighted by Crippen LogP contribution is -2.42. The third-order valence-electron chi connectivity index (χ3n) is 4.26. The van der Waals surface area contributed by atoms with Gasteiger partial charge in [0.15, 0.2) is 0 Å². The number of carbonyl (C=O) groups excluding carboxylic acids is 2. The second-order valence-corrected chi connectivity index (χ2v) is 6.37. The molecule has 3 rings (SSSR count). The first-order valence-corrected chi connectivity index (χ1v) is 8.56. The van der Waals surface area contributed by atoms with E-state index in [1.807, 2.05) is 0 Å². The summed E-state index contributed by atoms with van der Waals surface area (Å²) in [5, 5.41) is 0.361. The van der Waals surface area contributed by atoms with E-state index in [4.69, 9.17) is 16.3 Å². The molecular weight excluding hydrogens is 359 g/mol. The number of anilines is 1. The number of para-hydroxylation sites is 1. The average molecular weight is 377 g/mol. The maximum Gasteiger partial charge on any atom is 0.263 e. The molecule has 0 saturated carbocycles. The number of benzene rings is 2. The summed E-state index contributed by atoms with van der Waals surface area (Å²) in [4.78, 5) is 28.0. The minimum absolute atomic E-state index is 0.0335. The second-order valence-electron chi connectivity index (χ2n) is 5.93. The van der Waals surface area contributed by atoms with E-state index in [2.05, 4.69) is 0 Å². The van der Waals surface area contributed by atoms with Gasteiger partial charge in [-0.2, -0.15) is 0 Å². The largest absolute Gasteiger partial charge is 0.496 e. The van der Waals surface area contributed by atoms with Gasteiger partial charge in [-0.1, -0.05) is 23.7 Å². The number of methoxy groups -OCH3 is 1. The Labute approximate surface area is 155 Å². The zero-order valence-electron chi connectivity index (χ0n) is 14.2. The van der Waals surface area contributed by atoms with Crippen molar-refractivity contribution in [2.75, 3.05) is 25.2 Å². The Morgan fingerprint density at radius 2 is 2.08 bits per heavy atom. The number of nitrogens with zero attached hydrogens (tertiary/aromatic N) is 2. The lowest BCUT2D eigenvalue weighted by atomic mass is 10.1. The molecule has 0 aliphatic carbocycles. The van der Waals surface area contributed by atoms with Gasteiger partial charge in [-0.3, -0.25) is 14.5 Å². The van der Waals surface area contributed by atoms with E-state index < -0.39 is 11.7 Å². The molecule has 7 heteroatoms. The van der Waals surface area contributed by atoms with Crippen molar-refractivity contribution in [3.8, 4) is 5.75 Å². The molecule has 0 aromatic heterocycles. The Balaban J connectivity index is 2.02. The SMILES string of the molecule is COc1ccc(Cl)cc1C(=O)N(CN1CCCC1=O)c1ccccc1F. The van der Waals surface area contributed by atoms with Crippen molar-refractivity contribution in [2.45, 2.75) is 12.8 Å². The van der Waals surface area contributed by atoms with E-state index in [-0.39, 0.29) is 23.8 Å². The molecule has 0 unspecified atom stereocenters. The van der Waals surface area contributed by atoms with Gasteiger partial charge in [-0.25, -0.2) is 4.39 Å². The molecule has 0 atom stereocenters. The zero-order chi connectivity index (χ0) is 18.7. The van der Waals surface area contributed by atoms with Gasteiger partial charge in [0.05, 0.1) is 18.4 Å². The van der Waals surface area contributed by atoms with E-state index in [9.17, 15) is 14.0 Å². The van der Waals surface area contributed by atoms with Gasteiger partial charge >= 0.3 is 0 Å². The van der Waals surface area contributed by atoms with Gasteiger partial charge in [0, 0.05) is 18.0 Å². The highest BCUT2D eigenvalue weighted by molar-refractivity contribution is 6.31. The van der Waals surface area contributed by atoms with Crippen LogP contribution in [0.3, 0.4) is 0 Å². The summed E-state index contributed by atoms with van der Waals surface area (Å²) < 4.78 is 19.6. The van der Waals surface area contributed by atoms with Crippen molar-refractivity contribution in [1.82, 2.24) is 4.90 Å². The monoisotopic (exact) mass is 376 g/mol. The minimum atomic E-state index is -0.548. The van der Waals surface area contributed by atoms with Gasteiger partial charge in [0.1, 0.15) is 18.2 Å². The average Bonchev–Trinajstić information content (AvgIpc) is 3.04. The predicted molar refractivity (Wildman–Crippen MR) is 97.0 cm³/mol. The lowest BCUT2D eigenvalue weighted by molar-refractivity contribution is -0.127. The summed E-state index contributed by atoms with van der Waals surface area (Å²) in [5.41, 5.74) is 0.300. The van der Waals surface area contributed by atoms with Crippen molar-refractivity contribution in [3.63, 3.8) is 0 Å². The number of likely N-dealkylation sites (tertiary alicyclic amines) is 1. The first kappa shape index (κ1) is 18.2. The van der Waals surface area contributed by atoms with E-state index in [0.717, 1.165) is 6.42 Å². The lowest BCUT2D eigenvalue weighted by Gasteiger charge is -2.28. The summed E-state index contributed by atoms with van der Waals surface area (Å²) >= 11 is 6.03. The second kappa shape index (κ2) is 7.74. The molecule has 26 heavy (non-hydrogen) atoms. The number of amides is 2. The molecule has 1 saturated heterocycles. The van der Waals surface area contributed by atoms with Crippen LogP contribution in [-0.2, 0) is 4.79 Å². The van der Waals surface area contributed by atoms with E-state index in [1.54, 1.807) is 29.2 Å². The van der Waals surface area contributed by atoms with Gasteiger partial charge < -0.3 is 9.64 Å². The van der Waals surface area contributed by atoms with Gasteiger partial charge in [0.2, 0.25) is 5.91 Å². The van der Waals surface area contributed by atoms with E-state index in [0.29, 0.717) is 23.7 Å². The van der Waals surface area contributed by atoms with E-state index in [1.165, 1.54) is 30.2 Å². The van der Waals surface area contributed by atoms with Crippen LogP contribution in [0, 0.1) is 5.82 Å². The number of rotatable bonds is 5. The van der Waals surface area contributed by atoms with Crippen molar-refractivity contribution < 1.29 is 18.7 Å². The van der Waals surface area contributed by atoms with Crippen molar-refractivity contribution in [3.05, 3.63) is 58.9 Å². The fraction of sp³-hybridized carbons (Fsp3) is 0.263. The topological polar surface area (TPSA) is 49.9 Å². The highest BCUT2D eigenvalue weighted by atomic mass is 35.5. The summed E-state index contributed by atoms with van der Waals surface area (Å²) in [6.45, 7) is 0.498. The third-order valence-corrected chi connectivity index (χ3v) is 4.50. The van der Waals surface area contributed by atoms with E-state index >= 15 is 0 Å². The van der Waals surface area contributed by atoms with Crippen LogP contribution in [0.25, 0.3) is 0 Å². The molecule has 0 radical (unpaired) electrons. The smallest absolute Gasteiger partial charge is 0.263 e. The van der Waals surface area contributed by atoms with Gasteiger partial charge in [-0.05, 0) is 36.8 Å². The van der Waals surface area contributed by atoms with Crippen molar-refractivity contribution in [2.24, 2.45) is 0 Å². The molecule has 1 fully saturated rings. The minimum Gasteiger partial charge on any atom is -0.496 e. The first-order valence-electron chi connectivity index (χ1n) is 8.19. The number of hydrogen-bond acceptors (Lipinski definition) is 3. The number of halogens is 2. The Morgan fingerprint density at radius 3 is 2.73 bits per heavy atom. The molecule has 0 N–H and O–H groups in total. The summed E-state index contributed by atoms with van der Waals surface area (Å²) in [6.07, 6.45) is 1.15. The molecule has 0 bridgehead atoms.